The molecule has 162 valence electrons. The van der Waals surface area contributed by atoms with Crippen LogP contribution in [0.25, 0.3) is 0 Å². The maximum Gasteiger partial charge on any atom is 0.273 e. The van der Waals surface area contributed by atoms with Crippen LogP contribution >= 0.6 is 0 Å². The summed E-state index contributed by atoms with van der Waals surface area (Å²) in [6, 6.07) is 1.15. The molecule has 10 nitrogen and oxygen atoms in total. The molecule has 0 radical (unpaired) electrons. The summed E-state index contributed by atoms with van der Waals surface area (Å²) in [4.78, 5) is 41.2. The first-order chi connectivity index (χ1) is 14.4. The number of rotatable bonds is 6. The molecule has 3 rings (SSSR count). The highest BCUT2D eigenvalue weighted by Gasteiger charge is 2.38. The van der Waals surface area contributed by atoms with Gasteiger partial charge in [0.25, 0.3) is 5.91 Å². The quantitative estimate of drug-likeness (QED) is 0.357. The summed E-state index contributed by atoms with van der Waals surface area (Å²) in [6.45, 7) is 0. The molecule has 1 saturated carbocycles. The Morgan fingerprint density at radius 1 is 1.30 bits per heavy atom. The van der Waals surface area contributed by atoms with Crippen molar-refractivity contribution >= 4 is 23.9 Å². The molecule has 0 aromatic carbocycles. The zero-order valence-electron chi connectivity index (χ0n) is 16.3. The lowest BCUT2D eigenvalue weighted by atomic mass is 9.89. The second kappa shape index (κ2) is 9.61. The Morgan fingerprint density at radius 2 is 2.03 bits per heavy atom. The van der Waals surface area contributed by atoms with E-state index in [0.717, 1.165) is 49.0 Å². The molecule has 3 N–H and O–H groups in total. The highest BCUT2D eigenvalue weighted by Crippen LogP contribution is 2.33. The van der Waals surface area contributed by atoms with Crippen molar-refractivity contribution in [2.45, 2.75) is 51.0 Å². The SMILES string of the molecule is O=C(C[C@@H](CC1CCCC1)C(=O)N1N=CC[C@H]1C(=O)N=c1ccc(F)cn1O)NO. The third-order valence-corrected chi connectivity index (χ3v) is 5.44. The van der Waals surface area contributed by atoms with Gasteiger partial charge in [0, 0.05) is 25.0 Å². The average Bonchev–Trinajstić information content (AvgIpc) is 3.40. The second-order valence-corrected chi connectivity index (χ2v) is 7.55. The van der Waals surface area contributed by atoms with Gasteiger partial charge in [-0.2, -0.15) is 14.8 Å². The first kappa shape index (κ1) is 21.6. The topological polar surface area (TPSA) is 137 Å². The van der Waals surface area contributed by atoms with Crippen LogP contribution in [0.5, 0.6) is 0 Å². The van der Waals surface area contributed by atoms with E-state index in [0.29, 0.717) is 17.1 Å². The van der Waals surface area contributed by atoms with Gasteiger partial charge in [-0.15, -0.1) is 0 Å². The van der Waals surface area contributed by atoms with Gasteiger partial charge in [-0.3, -0.25) is 19.6 Å². The second-order valence-electron chi connectivity index (χ2n) is 7.55. The van der Waals surface area contributed by atoms with Crippen LogP contribution in [0, 0.1) is 17.7 Å². The number of carbonyl (C=O) groups excluding carboxylic acids is 3. The molecule has 1 fully saturated rings. The Bertz CT molecular complexity index is 909. The highest BCUT2D eigenvalue weighted by atomic mass is 19.1. The van der Waals surface area contributed by atoms with E-state index in [1.54, 1.807) is 5.48 Å². The Morgan fingerprint density at radius 3 is 2.70 bits per heavy atom. The van der Waals surface area contributed by atoms with Crippen LogP contribution < -0.4 is 11.0 Å². The summed E-state index contributed by atoms with van der Waals surface area (Å²) < 4.78 is 13.5. The maximum atomic E-state index is 13.1. The van der Waals surface area contributed by atoms with Crippen molar-refractivity contribution in [3.05, 3.63) is 29.6 Å². The lowest BCUT2D eigenvalue weighted by Crippen LogP contribution is -2.43. The molecule has 2 heterocycles. The van der Waals surface area contributed by atoms with E-state index in [1.165, 1.54) is 6.21 Å². The van der Waals surface area contributed by atoms with Gasteiger partial charge in [0.2, 0.25) is 11.8 Å². The average molecular weight is 421 g/mol. The van der Waals surface area contributed by atoms with Crippen LogP contribution in [0.15, 0.2) is 28.4 Å². The minimum atomic E-state index is -1.02. The van der Waals surface area contributed by atoms with Crippen molar-refractivity contribution in [2.24, 2.45) is 21.9 Å². The minimum Gasteiger partial charge on any atom is -0.427 e. The van der Waals surface area contributed by atoms with Crippen LogP contribution in [-0.4, -0.2) is 50.1 Å². The predicted molar refractivity (Wildman–Crippen MR) is 100 cm³/mol. The molecule has 30 heavy (non-hydrogen) atoms. The summed E-state index contributed by atoms with van der Waals surface area (Å²) in [6.07, 6.45) is 6.60. The first-order valence-electron chi connectivity index (χ1n) is 9.83. The van der Waals surface area contributed by atoms with Crippen molar-refractivity contribution in [1.29, 1.82) is 0 Å². The molecule has 11 heteroatoms. The van der Waals surface area contributed by atoms with Crippen LogP contribution in [0.2, 0.25) is 0 Å². The van der Waals surface area contributed by atoms with E-state index in [1.807, 2.05) is 0 Å². The van der Waals surface area contributed by atoms with Gasteiger partial charge in [-0.25, -0.2) is 14.9 Å². The van der Waals surface area contributed by atoms with E-state index in [9.17, 15) is 24.0 Å². The number of pyridine rings is 1. The molecular formula is C19H24FN5O5. The monoisotopic (exact) mass is 421 g/mol. The summed E-state index contributed by atoms with van der Waals surface area (Å²) >= 11 is 0. The third kappa shape index (κ3) is 5.09. The summed E-state index contributed by atoms with van der Waals surface area (Å²) in [5, 5.41) is 23.6. The number of hydrogen-bond donors (Lipinski definition) is 3. The molecule has 1 aromatic rings. The number of amides is 3. The fourth-order valence-corrected chi connectivity index (χ4v) is 3.94. The van der Waals surface area contributed by atoms with Crippen molar-refractivity contribution in [1.82, 2.24) is 15.2 Å². The van der Waals surface area contributed by atoms with E-state index in [4.69, 9.17) is 5.21 Å². The highest BCUT2D eigenvalue weighted by molar-refractivity contribution is 5.94. The molecule has 1 aliphatic heterocycles. The largest absolute Gasteiger partial charge is 0.427 e. The van der Waals surface area contributed by atoms with Crippen LogP contribution in [0.1, 0.15) is 44.9 Å². The zero-order valence-corrected chi connectivity index (χ0v) is 16.3. The summed E-state index contributed by atoms with van der Waals surface area (Å²) in [5.74, 6) is -3.07. The van der Waals surface area contributed by atoms with Gasteiger partial charge >= 0.3 is 0 Å². The van der Waals surface area contributed by atoms with Gasteiger partial charge < -0.3 is 5.21 Å². The third-order valence-electron chi connectivity index (χ3n) is 5.44. The van der Waals surface area contributed by atoms with Crippen molar-refractivity contribution < 1.29 is 29.2 Å². The standard InChI is InChI=1S/C19H24FN5O5/c20-14-5-6-16(24(30)11-14)22-18(27)15-7-8-21-25(15)19(28)13(10-17(26)23-29)9-12-3-1-2-4-12/h5-6,8,11-13,15,29-30H,1-4,7,9-10H2,(H,23,26)/t13-,15+/m1/s1. The number of hydroxylamine groups is 1. The van der Waals surface area contributed by atoms with Crippen LogP contribution in [0.3, 0.4) is 0 Å². The van der Waals surface area contributed by atoms with Crippen LogP contribution in [0.4, 0.5) is 4.39 Å². The number of hydrogen-bond acceptors (Lipinski definition) is 6. The predicted octanol–water partition coefficient (Wildman–Crippen LogP) is 0.970. The Kier molecular flexibility index (Phi) is 6.93. The molecule has 2 aliphatic rings. The Balaban J connectivity index is 1.78. The number of aromatic nitrogens is 1. The number of nitrogens with one attached hydrogen (secondary N) is 1. The number of hydrazone groups is 1. The van der Waals surface area contributed by atoms with E-state index in [-0.39, 0.29) is 18.3 Å². The number of halogens is 1. The van der Waals surface area contributed by atoms with E-state index in [2.05, 4.69) is 10.1 Å². The molecule has 0 saturated heterocycles. The molecule has 0 unspecified atom stereocenters. The normalized spacial score (nSPS) is 20.5. The molecule has 0 bridgehead atoms. The molecule has 3 amide bonds. The molecule has 0 spiro atoms. The van der Waals surface area contributed by atoms with Crippen molar-refractivity contribution in [2.75, 3.05) is 0 Å². The zero-order chi connectivity index (χ0) is 21.7. The van der Waals surface area contributed by atoms with Crippen LogP contribution in [-0.2, 0) is 14.4 Å². The Hall–Kier alpha value is -3.08. The fourth-order valence-electron chi connectivity index (χ4n) is 3.94. The molecular weight excluding hydrogens is 397 g/mol. The van der Waals surface area contributed by atoms with Gasteiger partial charge in [-0.05, 0) is 24.5 Å². The smallest absolute Gasteiger partial charge is 0.273 e. The van der Waals surface area contributed by atoms with Gasteiger partial charge in [0.1, 0.15) is 11.9 Å². The lowest BCUT2D eigenvalue weighted by molar-refractivity contribution is -0.145. The van der Waals surface area contributed by atoms with Gasteiger partial charge in [0.05, 0.1) is 6.20 Å². The van der Waals surface area contributed by atoms with E-state index >= 15 is 0 Å². The number of nitrogens with zero attached hydrogens (tertiary/aromatic N) is 4. The summed E-state index contributed by atoms with van der Waals surface area (Å²) in [7, 11) is 0. The van der Waals surface area contributed by atoms with Gasteiger partial charge in [0.15, 0.2) is 5.49 Å². The Labute approximate surface area is 171 Å². The first-order valence-corrected chi connectivity index (χ1v) is 9.83. The minimum absolute atomic E-state index is 0.128. The molecule has 1 aromatic heterocycles. The molecule has 1 aliphatic carbocycles. The molecule has 2 atom stereocenters. The van der Waals surface area contributed by atoms with E-state index < -0.39 is 35.5 Å². The van der Waals surface area contributed by atoms with Crippen molar-refractivity contribution in [3.8, 4) is 0 Å². The lowest BCUT2D eigenvalue weighted by Gasteiger charge is -2.25. The number of carbonyl (C=O) groups is 3. The van der Waals surface area contributed by atoms with Gasteiger partial charge in [-0.1, -0.05) is 25.7 Å². The summed E-state index contributed by atoms with van der Waals surface area (Å²) in [5.41, 5.74) is 1.36. The van der Waals surface area contributed by atoms with Crippen molar-refractivity contribution in [3.63, 3.8) is 0 Å². The fraction of sp³-hybridized carbons (Fsp3) is 0.526. The maximum absolute atomic E-state index is 13.1.